The predicted octanol–water partition coefficient (Wildman–Crippen LogP) is 1.74. The predicted molar refractivity (Wildman–Crippen MR) is 67.4 cm³/mol. The van der Waals surface area contributed by atoms with Crippen LogP contribution in [-0.4, -0.2) is 26.7 Å². The van der Waals surface area contributed by atoms with Gasteiger partial charge in [-0.3, -0.25) is 9.48 Å². The number of hydrogen-bond donors (Lipinski definition) is 1. The summed E-state index contributed by atoms with van der Waals surface area (Å²) in [6.07, 6.45) is 3.70. The quantitative estimate of drug-likeness (QED) is 0.854. The van der Waals surface area contributed by atoms with E-state index in [0.717, 1.165) is 5.56 Å². The Balaban J connectivity index is 2.39. The first kappa shape index (κ1) is 13.1. The lowest BCUT2D eigenvalue weighted by Crippen LogP contribution is -2.28. The molecule has 0 fully saturated rings. The summed E-state index contributed by atoms with van der Waals surface area (Å²) in [5.74, 6) is 0.595. The number of carbonyl (C=O) groups is 1. The molecule has 0 saturated carbocycles. The van der Waals surface area contributed by atoms with E-state index < -0.39 is 0 Å². The second-order valence-electron chi connectivity index (χ2n) is 4.10. The maximum Gasteiger partial charge on any atom is 0.230 e. The van der Waals surface area contributed by atoms with Crippen LogP contribution in [0.3, 0.4) is 0 Å². The Labute approximate surface area is 101 Å². The van der Waals surface area contributed by atoms with E-state index in [1.807, 2.05) is 20.2 Å². The molecule has 0 aliphatic carbocycles. The molecule has 0 spiro atoms. The van der Waals surface area contributed by atoms with Crippen molar-refractivity contribution >= 4 is 17.7 Å². The van der Waals surface area contributed by atoms with Crippen LogP contribution in [0.1, 0.15) is 32.4 Å². The van der Waals surface area contributed by atoms with Crippen molar-refractivity contribution in [3.05, 3.63) is 18.0 Å². The monoisotopic (exact) mass is 241 g/mol. The first-order valence-corrected chi connectivity index (χ1v) is 6.43. The third-order valence-corrected chi connectivity index (χ3v) is 3.25. The van der Waals surface area contributed by atoms with E-state index in [2.05, 4.69) is 24.3 Å². The lowest BCUT2D eigenvalue weighted by Gasteiger charge is -2.12. The first-order chi connectivity index (χ1) is 7.49. The fraction of sp³-hybridized carbons (Fsp3) is 0.636. The summed E-state index contributed by atoms with van der Waals surface area (Å²) in [4.78, 5) is 11.6. The number of rotatable bonds is 5. The molecule has 0 radical (unpaired) electrons. The van der Waals surface area contributed by atoms with E-state index in [-0.39, 0.29) is 11.9 Å². The van der Waals surface area contributed by atoms with Crippen molar-refractivity contribution in [3.8, 4) is 0 Å². The van der Waals surface area contributed by atoms with Crippen LogP contribution in [0.25, 0.3) is 0 Å². The summed E-state index contributed by atoms with van der Waals surface area (Å²) < 4.78 is 1.74. The molecule has 1 aromatic heterocycles. The van der Waals surface area contributed by atoms with Gasteiger partial charge < -0.3 is 5.32 Å². The minimum Gasteiger partial charge on any atom is -0.349 e. The number of hydrogen-bond acceptors (Lipinski definition) is 3. The van der Waals surface area contributed by atoms with E-state index in [9.17, 15) is 4.79 Å². The number of thioether (sulfide) groups is 1. The normalized spacial score (nSPS) is 12.8. The van der Waals surface area contributed by atoms with E-state index >= 15 is 0 Å². The van der Waals surface area contributed by atoms with Gasteiger partial charge in [-0.1, -0.05) is 13.8 Å². The SMILES string of the molecule is CC(C)SCC(=O)NC(C)c1cnn(C)c1. The molecule has 1 heterocycles. The second-order valence-corrected chi connectivity index (χ2v) is 5.66. The zero-order valence-corrected chi connectivity index (χ0v) is 11.0. The Morgan fingerprint density at radius 1 is 1.56 bits per heavy atom. The lowest BCUT2D eigenvalue weighted by atomic mass is 10.2. The van der Waals surface area contributed by atoms with Crippen LogP contribution in [0.5, 0.6) is 0 Å². The summed E-state index contributed by atoms with van der Waals surface area (Å²) in [7, 11) is 1.87. The Bertz CT molecular complexity index is 349. The van der Waals surface area contributed by atoms with Gasteiger partial charge in [-0.15, -0.1) is 11.8 Å². The van der Waals surface area contributed by atoms with Crippen molar-refractivity contribution in [2.45, 2.75) is 32.1 Å². The van der Waals surface area contributed by atoms with Crippen LogP contribution in [0.4, 0.5) is 0 Å². The lowest BCUT2D eigenvalue weighted by molar-refractivity contribution is -0.119. The molecule has 1 amide bonds. The van der Waals surface area contributed by atoms with E-state index in [4.69, 9.17) is 0 Å². The van der Waals surface area contributed by atoms with Crippen LogP contribution in [0.2, 0.25) is 0 Å². The minimum atomic E-state index is 0.0222. The third-order valence-electron chi connectivity index (χ3n) is 2.15. The van der Waals surface area contributed by atoms with E-state index in [1.165, 1.54) is 0 Å². The minimum absolute atomic E-state index is 0.0222. The van der Waals surface area contributed by atoms with Gasteiger partial charge in [0.2, 0.25) is 5.91 Å². The van der Waals surface area contributed by atoms with Gasteiger partial charge in [0.1, 0.15) is 0 Å². The van der Waals surface area contributed by atoms with Gasteiger partial charge >= 0.3 is 0 Å². The summed E-state index contributed by atoms with van der Waals surface area (Å²) in [6, 6.07) is 0.0222. The Morgan fingerprint density at radius 2 is 2.25 bits per heavy atom. The first-order valence-electron chi connectivity index (χ1n) is 5.38. The Hall–Kier alpha value is -0.970. The molecule has 4 nitrogen and oxygen atoms in total. The number of nitrogens with one attached hydrogen (secondary N) is 1. The maximum absolute atomic E-state index is 11.6. The van der Waals surface area contributed by atoms with Crippen LogP contribution < -0.4 is 5.32 Å². The van der Waals surface area contributed by atoms with Crippen LogP contribution >= 0.6 is 11.8 Å². The van der Waals surface area contributed by atoms with Crippen molar-refractivity contribution in [1.82, 2.24) is 15.1 Å². The summed E-state index contributed by atoms with van der Waals surface area (Å²) >= 11 is 1.65. The molecule has 0 aliphatic heterocycles. The highest BCUT2D eigenvalue weighted by atomic mass is 32.2. The molecule has 5 heteroatoms. The zero-order chi connectivity index (χ0) is 12.1. The van der Waals surface area contributed by atoms with Gasteiger partial charge in [0.25, 0.3) is 0 Å². The fourth-order valence-electron chi connectivity index (χ4n) is 1.27. The number of aromatic nitrogens is 2. The van der Waals surface area contributed by atoms with Crippen molar-refractivity contribution in [1.29, 1.82) is 0 Å². The average Bonchev–Trinajstić information content (AvgIpc) is 2.62. The number of amides is 1. The van der Waals surface area contributed by atoms with Gasteiger partial charge in [-0.05, 0) is 12.2 Å². The van der Waals surface area contributed by atoms with Crippen molar-refractivity contribution in [2.24, 2.45) is 7.05 Å². The molecule has 0 aliphatic rings. The van der Waals surface area contributed by atoms with Crippen LogP contribution in [0, 0.1) is 0 Å². The fourth-order valence-corrected chi connectivity index (χ4v) is 1.84. The molecule has 16 heavy (non-hydrogen) atoms. The topological polar surface area (TPSA) is 46.9 Å². The standard InChI is InChI=1S/C11H19N3OS/c1-8(2)16-7-11(15)13-9(3)10-5-12-14(4)6-10/h5-6,8-9H,7H2,1-4H3,(H,13,15). The highest BCUT2D eigenvalue weighted by Crippen LogP contribution is 2.12. The summed E-state index contributed by atoms with van der Waals surface area (Å²) in [6.45, 7) is 6.14. The van der Waals surface area contributed by atoms with Gasteiger partial charge in [-0.2, -0.15) is 5.10 Å². The molecule has 0 aromatic carbocycles. The molecular weight excluding hydrogens is 222 g/mol. The summed E-state index contributed by atoms with van der Waals surface area (Å²) in [5.41, 5.74) is 1.03. The molecule has 0 bridgehead atoms. The number of carbonyl (C=O) groups excluding carboxylic acids is 1. The maximum atomic E-state index is 11.6. The largest absolute Gasteiger partial charge is 0.349 e. The van der Waals surface area contributed by atoms with Crippen molar-refractivity contribution in [2.75, 3.05) is 5.75 Å². The van der Waals surface area contributed by atoms with Gasteiger partial charge in [-0.25, -0.2) is 0 Å². The van der Waals surface area contributed by atoms with Gasteiger partial charge in [0.15, 0.2) is 0 Å². The molecule has 1 atom stereocenters. The van der Waals surface area contributed by atoms with Crippen molar-refractivity contribution < 1.29 is 4.79 Å². The highest BCUT2D eigenvalue weighted by Gasteiger charge is 2.11. The molecule has 1 N–H and O–H groups in total. The number of nitrogens with zero attached hydrogens (tertiary/aromatic N) is 2. The second kappa shape index (κ2) is 5.94. The number of aryl methyl sites for hydroxylation is 1. The van der Waals surface area contributed by atoms with Gasteiger partial charge in [0, 0.05) is 18.8 Å². The smallest absolute Gasteiger partial charge is 0.230 e. The Morgan fingerprint density at radius 3 is 2.75 bits per heavy atom. The average molecular weight is 241 g/mol. The Kier molecular flexibility index (Phi) is 4.86. The van der Waals surface area contributed by atoms with Crippen molar-refractivity contribution in [3.63, 3.8) is 0 Å². The molecule has 90 valence electrons. The molecule has 1 aromatic rings. The summed E-state index contributed by atoms with van der Waals surface area (Å²) in [5, 5.41) is 7.52. The third kappa shape index (κ3) is 4.26. The van der Waals surface area contributed by atoms with E-state index in [0.29, 0.717) is 11.0 Å². The molecule has 1 rings (SSSR count). The molecule has 0 saturated heterocycles. The molecular formula is C11H19N3OS. The molecule has 1 unspecified atom stereocenters. The van der Waals surface area contributed by atoms with Crippen LogP contribution in [0.15, 0.2) is 12.4 Å². The van der Waals surface area contributed by atoms with E-state index in [1.54, 1.807) is 22.6 Å². The highest BCUT2D eigenvalue weighted by molar-refractivity contribution is 8.00. The van der Waals surface area contributed by atoms with Crippen LogP contribution in [-0.2, 0) is 11.8 Å². The zero-order valence-electron chi connectivity index (χ0n) is 10.2. The van der Waals surface area contributed by atoms with Gasteiger partial charge in [0.05, 0.1) is 18.0 Å².